The molecule has 60 valence electrons. The Bertz CT molecular complexity index is 237. The number of nitrogens with zero attached hydrogens (tertiary/aromatic N) is 3. The SMILES string of the molecule is CCCc1nncn1C1CC1. The summed E-state index contributed by atoms with van der Waals surface area (Å²) in [6, 6.07) is 0.728. The maximum atomic E-state index is 4.08. The van der Waals surface area contributed by atoms with Gasteiger partial charge in [-0.1, -0.05) is 6.92 Å². The Labute approximate surface area is 66.4 Å². The van der Waals surface area contributed by atoms with Crippen LogP contribution in [0.4, 0.5) is 0 Å². The van der Waals surface area contributed by atoms with E-state index in [1.54, 1.807) is 0 Å². The highest BCUT2D eigenvalue weighted by molar-refractivity contribution is 4.94. The van der Waals surface area contributed by atoms with Gasteiger partial charge in [-0.05, 0) is 19.3 Å². The number of hydrogen-bond acceptors (Lipinski definition) is 2. The highest BCUT2D eigenvalue weighted by Crippen LogP contribution is 2.35. The summed E-state index contributed by atoms with van der Waals surface area (Å²) in [4.78, 5) is 0. The van der Waals surface area contributed by atoms with E-state index in [1.807, 2.05) is 6.33 Å². The van der Waals surface area contributed by atoms with Crippen molar-refractivity contribution < 1.29 is 0 Å². The molecule has 1 aliphatic rings. The lowest BCUT2D eigenvalue weighted by Gasteiger charge is -2.01. The molecule has 3 heteroatoms. The molecule has 0 atom stereocenters. The number of hydrogen-bond donors (Lipinski definition) is 0. The zero-order valence-electron chi connectivity index (χ0n) is 6.82. The molecule has 1 aromatic heterocycles. The van der Waals surface area contributed by atoms with Crippen molar-refractivity contribution in [1.29, 1.82) is 0 Å². The minimum atomic E-state index is 0.728. The Kier molecular flexibility index (Phi) is 1.64. The third-order valence-corrected chi connectivity index (χ3v) is 2.06. The Morgan fingerprint density at radius 3 is 3.09 bits per heavy atom. The van der Waals surface area contributed by atoms with Crippen LogP contribution < -0.4 is 0 Å². The van der Waals surface area contributed by atoms with Gasteiger partial charge in [0.1, 0.15) is 12.2 Å². The lowest BCUT2D eigenvalue weighted by molar-refractivity contribution is 0.668. The van der Waals surface area contributed by atoms with E-state index < -0.39 is 0 Å². The Balaban J connectivity index is 2.16. The summed E-state index contributed by atoms with van der Waals surface area (Å²) in [6.07, 6.45) is 6.72. The van der Waals surface area contributed by atoms with Crippen molar-refractivity contribution in [1.82, 2.24) is 14.8 Å². The second kappa shape index (κ2) is 2.64. The molecule has 0 radical (unpaired) electrons. The fourth-order valence-corrected chi connectivity index (χ4v) is 1.33. The molecule has 1 saturated carbocycles. The highest BCUT2D eigenvalue weighted by atomic mass is 15.3. The zero-order chi connectivity index (χ0) is 7.68. The first-order chi connectivity index (χ1) is 5.42. The Morgan fingerprint density at radius 2 is 2.45 bits per heavy atom. The standard InChI is InChI=1S/C8H13N3/c1-2-3-8-10-9-6-11(8)7-4-5-7/h6-7H,2-5H2,1H3. The molecule has 0 amide bonds. The third-order valence-electron chi connectivity index (χ3n) is 2.06. The van der Waals surface area contributed by atoms with E-state index in [0.717, 1.165) is 24.7 Å². The quantitative estimate of drug-likeness (QED) is 0.656. The first-order valence-corrected chi connectivity index (χ1v) is 4.30. The smallest absolute Gasteiger partial charge is 0.133 e. The zero-order valence-corrected chi connectivity index (χ0v) is 6.82. The lowest BCUT2D eigenvalue weighted by atomic mass is 10.3. The topological polar surface area (TPSA) is 30.7 Å². The maximum absolute atomic E-state index is 4.08. The molecule has 1 aromatic rings. The van der Waals surface area contributed by atoms with Crippen LogP contribution in [0.5, 0.6) is 0 Å². The highest BCUT2D eigenvalue weighted by Gasteiger charge is 2.25. The minimum absolute atomic E-state index is 0.728. The summed E-state index contributed by atoms with van der Waals surface area (Å²) >= 11 is 0. The van der Waals surface area contributed by atoms with E-state index in [4.69, 9.17) is 0 Å². The van der Waals surface area contributed by atoms with Crippen LogP contribution in [0.25, 0.3) is 0 Å². The summed E-state index contributed by atoms with van der Waals surface area (Å²) < 4.78 is 2.23. The molecule has 3 nitrogen and oxygen atoms in total. The maximum Gasteiger partial charge on any atom is 0.133 e. The summed E-state index contributed by atoms with van der Waals surface area (Å²) in [6.45, 7) is 2.17. The van der Waals surface area contributed by atoms with Gasteiger partial charge in [0, 0.05) is 12.5 Å². The number of aromatic nitrogens is 3. The first kappa shape index (κ1) is 6.83. The summed E-state index contributed by atoms with van der Waals surface area (Å²) in [5.74, 6) is 1.16. The van der Waals surface area contributed by atoms with Gasteiger partial charge in [0.05, 0.1) is 0 Å². The molecule has 0 aromatic carbocycles. The van der Waals surface area contributed by atoms with E-state index in [-0.39, 0.29) is 0 Å². The number of aryl methyl sites for hydroxylation is 1. The van der Waals surface area contributed by atoms with Gasteiger partial charge in [0.25, 0.3) is 0 Å². The molecule has 0 saturated heterocycles. The molecule has 1 heterocycles. The van der Waals surface area contributed by atoms with Crippen molar-refractivity contribution in [2.45, 2.75) is 38.6 Å². The second-order valence-corrected chi connectivity index (χ2v) is 3.14. The van der Waals surface area contributed by atoms with Crippen LogP contribution in [-0.4, -0.2) is 14.8 Å². The molecule has 1 fully saturated rings. The van der Waals surface area contributed by atoms with Crippen LogP contribution in [0.15, 0.2) is 6.33 Å². The van der Waals surface area contributed by atoms with Crippen molar-refractivity contribution >= 4 is 0 Å². The van der Waals surface area contributed by atoms with Crippen LogP contribution in [0.1, 0.15) is 38.1 Å². The molecular formula is C8H13N3. The third kappa shape index (κ3) is 1.27. The largest absolute Gasteiger partial charge is 0.314 e. The lowest BCUT2D eigenvalue weighted by Crippen LogP contribution is -1.99. The van der Waals surface area contributed by atoms with Crippen molar-refractivity contribution in [2.24, 2.45) is 0 Å². The molecule has 0 spiro atoms. The molecule has 1 aliphatic carbocycles. The summed E-state index contributed by atoms with van der Waals surface area (Å²) in [5, 5.41) is 8.00. The molecule has 0 N–H and O–H groups in total. The summed E-state index contributed by atoms with van der Waals surface area (Å²) in [7, 11) is 0. The normalized spacial score (nSPS) is 17.2. The van der Waals surface area contributed by atoms with Crippen LogP contribution in [0.3, 0.4) is 0 Å². The minimum Gasteiger partial charge on any atom is -0.314 e. The molecule has 2 rings (SSSR count). The average molecular weight is 151 g/mol. The van der Waals surface area contributed by atoms with E-state index in [2.05, 4.69) is 21.7 Å². The monoisotopic (exact) mass is 151 g/mol. The van der Waals surface area contributed by atoms with Gasteiger partial charge in [-0.15, -0.1) is 10.2 Å². The molecule has 0 unspecified atom stereocenters. The predicted octanol–water partition coefficient (Wildman–Crippen LogP) is 1.57. The Hall–Kier alpha value is -0.860. The second-order valence-electron chi connectivity index (χ2n) is 3.14. The fraction of sp³-hybridized carbons (Fsp3) is 0.750. The molecule has 11 heavy (non-hydrogen) atoms. The van der Waals surface area contributed by atoms with Gasteiger partial charge in [-0.2, -0.15) is 0 Å². The van der Waals surface area contributed by atoms with Gasteiger partial charge in [0.15, 0.2) is 0 Å². The predicted molar refractivity (Wildman–Crippen MR) is 42.3 cm³/mol. The average Bonchev–Trinajstić information content (AvgIpc) is 2.75. The van der Waals surface area contributed by atoms with Gasteiger partial charge in [0.2, 0.25) is 0 Å². The van der Waals surface area contributed by atoms with Crippen molar-refractivity contribution in [2.75, 3.05) is 0 Å². The molecule has 0 bridgehead atoms. The van der Waals surface area contributed by atoms with Crippen molar-refractivity contribution in [3.05, 3.63) is 12.2 Å². The van der Waals surface area contributed by atoms with Gasteiger partial charge in [-0.3, -0.25) is 0 Å². The van der Waals surface area contributed by atoms with Crippen LogP contribution >= 0.6 is 0 Å². The van der Waals surface area contributed by atoms with Crippen LogP contribution in [0, 0.1) is 0 Å². The van der Waals surface area contributed by atoms with Crippen molar-refractivity contribution in [3.8, 4) is 0 Å². The van der Waals surface area contributed by atoms with E-state index in [9.17, 15) is 0 Å². The van der Waals surface area contributed by atoms with E-state index >= 15 is 0 Å². The van der Waals surface area contributed by atoms with Gasteiger partial charge in [-0.25, -0.2) is 0 Å². The van der Waals surface area contributed by atoms with Gasteiger partial charge >= 0.3 is 0 Å². The van der Waals surface area contributed by atoms with E-state index in [1.165, 1.54) is 12.8 Å². The first-order valence-electron chi connectivity index (χ1n) is 4.30. The van der Waals surface area contributed by atoms with Crippen LogP contribution in [-0.2, 0) is 6.42 Å². The van der Waals surface area contributed by atoms with Crippen LogP contribution in [0.2, 0.25) is 0 Å². The Morgan fingerprint density at radius 1 is 1.64 bits per heavy atom. The van der Waals surface area contributed by atoms with E-state index in [0.29, 0.717) is 0 Å². The van der Waals surface area contributed by atoms with Gasteiger partial charge < -0.3 is 4.57 Å². The van der Waals surface area contributed by atoms with Crippen molar-refractivity contribution in [3.63, 3.8) is 0 Å². The molecular weight excluding hydrogens is 138 g/mol. The fourth-order valence-electron chi connectivity index (χ4n) is 1.33. The number of rotatable bonds is 3. The summed E-state index contributed by atoms with van der Waals surface area (Å²) in [5.41, 5.74) is 0. The molecule has 0 aliphatic heterocycles.